The topological polar surface area (TPSA) is 313 Å². The van der Waals surface area contributed by atoms with Gasteiger partial charge < -0.3 is 79.2 Å². The van der Waals surface area contributed by atoms with Gasteiger partial charge in [-0.05, 0) is 38.1 Å². The number of phenols is 3. The van der Waals surface area contributed by atoms with Crippen LogP contribution in [-0.4, -0.2) is 137 Å². The molecule has 5 rings (SSSR count). The fraction of sp³-hybridized carbons (Fsp3) is 0.485. The molecule has 19 nitrogen and oxygen atoms in total. The van der Waals surface area contributed by atoms with E-state index in [2.05, 4.69) is 0 Å². The van der Waals surface area contributed by atoms with Crippen LogP contribution in [0, 0.1) is 0 Å². The molecule has 0 aliphatic carbocycles. The van der Waals surface area contributed by atoms with Crippen LogP contribution in [0.2, 0.25) is 0 Å². The van der Waals surface area contributed by atoms with Gasteiger partial charge >= 0.3 is 11.9 Å². The lowest BCUT2D eigenvalue weighted by Crippen LogP contribution is -2.64. The molecule has 3 heterocycles. The molecule has 10 N–H and O–H groups in total. The number of ether oxygens (including phenoxy) is 5. The van der Waals surface area contributed by atoms with E-state index in [0.29, 0.717) is 0 Å². The molecule has 0 spiro atoms. The minimum atomic E-state index is -2.05. The number of phenolic OH excluding ortho intramolecular Hbond substituents is 3. The van der Waals surface area contributed by atoms with Gasteiger partial charge in [-0.1, -0.05) is 0 Å². The lowest BCUT2D eigenvalue weighted by molar-refractivity contribution is -0.354. The largest absolute Gasteiger partial charge is 0.508 e. The number of aromatic hydroxyl groups is 3. The number of benzene rings is 2. The predicted octanol–water partition coefficient (Wildman–Crippen LogP) is -1.23. The Kier molecular flexibility index (Phi) is 11.3. The van der Waals surface area contributed by atoms with Crippen LogP contribution in [0.3, 0.4) is 0 Å². The summed E-state index contributed by atoms with van der Waals surface area (Å²) in [5, 5.41) is 103. The smallest absolute Gasteiger partial charge is 0.308 e. The first-order valence-corrected chi connectivity index (χ1v) is 15.8. The van der Waals surface area contributed by atoms with Gasteiger partial charge in [-0.15, -0.1) is 0 Å². The van der Waals surface area contributed by atoms with Crippen molar-refractivity contribution in [3.05, 3.63) is 46.6 Å². The van der Waals surface area contributed by atoms with Crippen LogP contribution in [-0.2, 0) is 28.5 Å². The van der Waals surface area contributed by atoms with Gasteiger partial charge in [0.25, 0.3) is 0 Å². The van der Waals surface area contributed by atoms with E-state index in [1.165, 1.54) is 31.2 Å². The van der Waals surface area contributed by atoms with Gasteiger partial charge in [0.05, 0.1) is 24.5 Å². The lowest BCUT2D eigenvalue weighted by atomic mass is 9.97. The van der Waals surface area contributed by atoms with Crippen LogP contribution in [0.4, 0.5) is 0 Å². The lowest BCUT2D eigenvalue weighted by Gasteiger charge is -2.45. The second-order valence-electron chi connectivity index (χ2n) is 12.8. The highest BCUT2D eigenvalue weighted by Crippen LogP contribution is 2.38. The number of carboxylic acids is 1. The van der Waals surface area contributed by atoms with Crippen LogP contribution in [0.25, 0.3) is 22.3 Å². The molecule has 1 aromatic heterocycles. The first-order valence-electron chi connectivity index (χ1n) is 15.8. The summed E-state index contributed by atoms with van der Waals surface area (Å²) in [5.74, 6) is -4.91. The maximum atomic E-state index is 14.0. The first-order chi connectivity index (χ1) is 24.4. The van der Waals surface area contributed by atoms with Gasteiger partial charge in [0.1, 0.15) is 71.4 Å². The van der Waals surface area contributed by atoms with E-state index < -0.39 is 126 Å². The number of aliphatic hydroxyl groups is 6. The zero-order chi connectivity index (χ0) is 38.2. The van der Waals surface area contributed by atoms with E-state index >= 15 is 0 Å². The number of esters is 1. The maximum Gasteiger partial charge on any atom is 0.308 e. The van der Waals surface area contributed by atoms with E-state index in [-0.39, 0.29) is 22.7 Å². The van der Waals surface area contributed by atoms with Crippen LogP contribution in [0.5, 0.6) is 23.0 Å². The molecule has 2 aliphatic rings. The van der Waals surface area contributed by atoms with Crippen molar-refractivity contribution in [1.29, 1.82) is 0 Å². The highest BCUT2D eigenvalue weighted by molar-refractivity contribution is 5.88. The number of carboxylic acid groups (broad SMARTS) is 1. The summed E-state index contributed by atoms with van der Waals surface area (Å²) in [6, 6.07) is 7.03. The van der Waals surface area contributed by atoms with Gasteiger partial charge in [0, 0.05) is 17.7 Å². The van der Waals surface area contributed by atoms with Crippen LogP contribution in [0.15, 0.2) is 45.6 Å². The highest BCUT2D eigenvalue weighted by atomic mass is 16.8. The molecular formula is C33H38O19. The quantitative estimate of drug-likeness (QED) is 0.103. The molecule has 0 unspecified atom stereocenters. The zero-order valence-corrected chi connectivity index (χ0v) is 27.5. The Hall–Kier alpha value is -4.57. The Morgan fingerprint density at radius 2 is 1.52 bits per heavy atom. The number of hydrogen-bond acceptors (Lipinski definition) is 18. The average molecular weight is 739 g/mol. The molecule has 0 saturated carbocycles. The van der Waals surface area contributed by atoms with Crippen molar-refractivity contribution in [3.8, 4) is 34.3 Å². The second-order valence-corrected chi connectivity index (χ2v) is 12.8. The van der Waals surface area contributed by atoms with Crippen molar-refractivity contribution < 1.29 is 88.8 Å². The minimum Gasteiger partial charge on any atom is -0.508 e. The van der Waals surface area contributed by atoms with Gasteiger partial charge in [-0.25, -0.2) is 0 Å². The van der Waals surface area contributed by atoms with E-state index in [0.717, 1.165) is 19.1 Å². The third-order valence-electron chi connectivity index (χ3n) is 8.49. The summed E-state index contributed by atoms with van der Waals surface area (Å²) in [7, 11) is 0. The van der Waals surface area contributed by atoms with E-state index in [9.17, 15) is 60.3 Å². The fourth-order valence-corrected chi connectivity index (χ4v) is 5.78. The van der Waals surface area contributed by atoms with Crippen LogP contribution >= 0.6 is 0 Å². The Balaban J connectivity index is 1.54. The summed E-state index contributed by atoms with van der Waals surface area (Å²) < 4.78 is 34.0. The number of aliphatic carboxylic acids is 1. The monoisotopic (exact) mass is 738 g/mol. The minimum absolute atomic E-state index is 0.111. The molecule has 284 valence electrons. The molecule has 19 heteroatoms. The van der Waals surface area contributed by atoms with Crippen LogP contribution < -0.4 is 10.2 Å². The van der Waals surface area contributed by atoms with Gasteiger partial charge in [0.15, 0.2) is 18.2 Å². The molecule has 2 fully saturated rings. The second kappa shape index (κ2) is 15.2. The van der Waals surface area contributed by atoms with Crippen molar-refractivity contribution in [3.63, 3.8) is 0 Å². The number of aliphatic hydroxyl groups excluding tert-OH is 5. The molecule has 0 amide bonds. The molecule has 0 radical (unpaired) electrons. The third-order valence-corrected chi connectivity index (χ3v) is 8.49. The molecule has 0 bridgehead atoms. The number of fused-ring (bicyclic) bond motifs is 1. The standard InChI is InChI=1S/C33H38O19/c1-12-22(40)25(43)27(45)31(48-12)52-30-26(44)23(41)18(11-47-20(39)10-33(2,46)9-19(37)38)50-32(30)51-29-24(42)21-16(36)7-15(35)8-17(21)49-28(29)13-3-5-14(34)6-4-13/h3-8,12,18,22-23,25-27,30-32,34-36,40-41,43-46H,9-11H2,1-2H3,(H,37,38)/t12-,18+,22-,23-,25+,26-,27+,30+,31-,32-,33-/m0/s1. The van der Waals surface area contributed by atoms with Gasteiger partial charge in [-0.2, -0.15) is 0 Å². The number of carbonyl (C=O) groups is 2. The molecular weight excluding hydrogens is 700 g/mol. The van der Waals surface area contributed by atoms with Crippen molar-refractivity contribution >= 4 is 22.9 Å². The first kappa shape index (κ1) is 38.7. The third kappa shape index (κ3) is 8.22. The fourth-order valence-electron chi connectivity index (χ4n) is 5.78. The summed E-state index contributed by atoms with van der Waals surface area (Å²) in [6.07, 6.45) is -19.3. The Bertz CT molecular complexity index is 1820. The van der Waals surface area contributed by atoms with Gasteiger partial charge in [-0.3, -0.25) is 14.4 Å². The van der Waals surface area contributed by atoms with Crippen molar-refractivity contribution in [2.24, 2.45) is 0 Å². The highest BCUT2D eigenvalue weighted by Gasteiger charge is 2.51. The van der Waals surface area contributed by atoms with E-state index in [4.69, 9.17) is 33.2 Å². The number of hydrogen-bond donors (Lipinski definition) is 10. The van der Waals surface area contributed by atoms with Gasteiger partial charge in [0.2, 0.25) is 17.5 Å². The molecule has 2 aromatic carbocycles. The normalized spacial score (nSPS) is 30.4. The Labute approximate surface area is 293 Å². The molecule has 52 heavy (non-hydrogen) atoms. The Morgan fingerprint density at radius 3 is 2.17 bits per heavy atom. The number of rotatable bonds is 11. The summed E-state index contributed by atoms with van der Waals surface area (Å²) >= 11 is 0. The summed E-state index contributed by atoms with van der Waals surface area (Å²) in [6.45, 7) is 1.61. The summed E-state index contributed by atoms with van der Waals surface area (Å²) in [4.78, 5) is 37.5. The SMILES string of the molecule is C[C@@H]1O[C@@H](O[C@H]2[C@H](Oc3c(-c4ccc(O)cc4)oc4cc(O)cc(O)c4c3=O)O[C@H](COC(=O)C[C@@](C)(O)CC(=O)O)[C@H](O)[C@@H]2O)[C@H](O)[C@H](O)[C@H]1O. The number of carbonyl (C=O) groups excluding carboxylic acids is 1. The van der Waals surface area contributed by atoms with Crippen molar-refractivity contribution in [1.82, 2.24) is 0 Å². The maximum absolute atomic E-state index is 14.0. The molecule has 11 atom stereocenters. The molecule has 3 aromatic rings. The van der Waals surface area contributed by atoms with E-state index in [1.807, 2.05) is 0 Å². The van der Waals surface area contributed by atoms with Crippen LogP contribution in [0.1, 0.15) is 26.7 Å². The Morgan fingerprint density at radius 1 is 0.846 bits per heavy atom. The van der Waals surface area contributed by atoms with Crippen molar-refractivity contribution in [2.45, 2.75) is 93.7 Å². The van der Waals surface area contributed by atoms with Crippen molar-refractivity contribution in [2.75, 3.05) is 6.61 Å². The summed E-state index contributed by atoms with van der Waals surface area (Å²) in [5.41, 5.74) is -3.24. The average Bonchev–Trinajstić information content (AvgIpc) is 3.05. The van der Waals surface area contributed by atoms with E-state index in [1.54, 1.807) is 0 Å². The predicted molar refractivity (Wildman–Crippen MR) is 170 cm³/mol. The molecule has 2 aliphatic heterocycles. The molecule has 2 saturated heterocycles. The zero-order valence-electron chi connectivity index (χ0n) is 27.5.